The summed E-state index contributed by atoms with van der Waals surface area (Å²) in [5.41, 5.74) is -1.03. The third kappa shape index (κ3) is 3.46. The fraction of sp³-hybridized carbons (Fsp3) is 0.385. The highest BCUT2D eigenvalue weighted by Gasteiger charge is 2.29. The van der Waals surface area contributed by atoms with Gasteiger partial charge in [0.15, 0.2) is 0 Å². The molecule has 4 nitrogen and oxygen atoms in total. The lowest BCUT2D eigenvalue weighted by molar-refractivity contribution is 0.399. The fourth-order valence-electron chi connectivity index (χ4n) is 1.42. The van der Waals surface area contributed by atoms with Crippen molar-refractivity contribution < 1.29 is 17.5 Å². The molecular formula is C13H16FNO3S. The van der Waals surface area contributed by atoms with Crippen molar-refractivity contribution in [2.45, 2.75) is 30.7 Å². The molecule has 1 aromatic rings. The molecule has 0 spiro atoms. The number of ether oxygens (including phenoxy) is 1. The van der Waals surface area contributed by atoms with Crippen LogP contribution in [-0.2, 0) is 10.0 Å². The Labute approximate surface area is 113 Å². The van der Waals surface area contributed by atoms with E-state index < -0.39 is 21.4 Å². The first kappa shape index (κ1) is 15.5. The Bertz CT molecular complexity index is 607. The van der Waals surface area contributed by atoms with Crippen molar-refractivity contribution >= 4 is 10.0 Å². The average molecular weight is 285 g/mol. The third-order valence-corrected chi connectivity index (χ3v) is 4.42. The summed E-state index contributed by atoms with van der Waals surface area (Å²) >= 11 is 0. The molecule has 0 aliphatic carbocycles. The molecule has 0 bridgehead atoms. The van der Waals surface area contributed by atoms with Crippen LogP contribution in [0.1, 0.15) is 20.3 Å². The predicted octanol–water partition coefficient (Wildman–Crippen LogP) is 1.91. The number of halogens is 1. The van der Waals surface area contributed by atoms with Crippen LogP contribution in [-0.4, -0.2) is 21.1 Å². The zero-order valence-electron chi connectivity index (χ0n) is 11.0. The summed E-state index contributed by atoms with van der Waals surface area (Å²) < 4.78 is 45.0. The van der Waals surface area contributed by atoms with Crippen LogP contribution in [0.15, 0.2) is 23.1 Å². The average Bonchev–Trinajstić information content (AvgIpc) is 2.38. The summed E-state index contributed by atoms with van der Waals surface area (Å²) in [5, 5.41) is 0. The van der Waals surface area contributed by atoms with Crippen molar-refractivity contribution in [2.24, 2.45) is 0 Å². The quantitative estimate of drug-likeness (QED) is 0.841. The zero-order valence-corrected chi connectivity index (χ0v) is 11.8. The number of methoxy groups -OCH3 is 1. The van der Waals surface area contributed by atoms with E-state index in [0.717, 1.165) is 12.1 Å². The highest BCUT2D eigenvalue weighted by atomic mass is 32.2. The number of sulfonamides is 1. The maximum atomic E-state index is 13.2. The topological polar surface area (TPSA) is 55.4 Å². The van der Waals surface area contributed by atoms with Gasteiger partial charge in [0.1, 0.15) is 16.5 Å². The van der Waals surface area contributed by atoms with Crippen LogP contribution in [0.5, 0.6) is 5.75 Å². The van der Waals surface area contributed by atoms with Crippen molar-refractivity contribution in [3.8, 4) is 18.1 Å². The molecule has 1 atom stereocenters. The van der Waals surface area contributed by atoms with Crippen LogP contribution in [0.25, 0.3) is 0 Å². The molecule has 19 heavy (non-hydrogen) atoms. The lowest BCUT2D eigenvalue weighted by atomic mass is 10.0. The summed E-state index contributed by atoms with van der Waals surface area (Å²) in [4.78, 5) is -0.273. The number of nitrogens with one attached hydrogen (secondary N) is 1. The molecule has 0 saturated heterocycles. The second-order valence-electron chi connectivity index (χ2n) is 4.23. The third-order valence-electron chi connectivity index (χ3n) is 2.80. The normalized spacial score (nSPS) is 14.5. The first-order valence-electron chi connectivity index (χ1n) is 5.63. The maximum absolute atomic E-state index is 13.2. The van der Waals surface area contributed by atoms with Gasteiger partial charge in [-0.15, -0.1) is 6.42 Å². The van der Waals surface area contributed by atoms with Crippen LogP contribution in [0.3, 0.4) is 0 Å². The van der Waals surface area contributed by atoms with Crippen molar-refractivity contribution in [3.63, 3.8) is 0 Å². The van der Waals surface area contributed by atoms with E-state index in [-0.39, 0.29) is 10.6 Å². The van der Waals surface area contributed by atoms with Gasteiger partial charge in [0.25, 0.3) is 0 Å². The van der Waals surface area contributed by atoms with Gasteiger partial charge in [-0.1, -0.05) is 12.8 Å². The molecule has 0 aliphatic rings. The van der Waals surface area contributed by atoms with Crippen LogP contribution in [0.4, 0.5) is 4.39 Å². The van der Waals surface area contributed by atoms with E-state index in [1.54, 1.807) is 13.8 Å². The Hall–Kier alpha value is -1.58. The Morgan fingerprint density at radius 3 is 2.63 bits per heavy atom. The Morgan fingerprint density at radius 1 is 1.53 bits per heavy atom. The van der Waals surface area contributed by atoms with Gasteiger partial charge in [0, 0.05) is 0 Å². The Kier molecular flexibility index (Phi) is 4.56. The Morgan fingerprint density at radius 2 is 2.16 bits per heavy atom. The second kappa shape index (κ2) is 5.59. The monoisotopic (exact) mass is 285 g/mol. The molecule has 1 aromatic carbocycles. The summed E-state index contributed by atoms with van der Waals surface area (Å²) in [6.07, 6.45) is 5.72. The molecule has 0 radical (unpaired) electrons. The van der Waals surface area contributed by atoms with Crippen LogP contribution in [0, 0.1) is 18.2 Å². The van der Waals surface area contributed by atoms with Crippen LogP contribution in [0.2, 0.25) is 0 Å². The van der Waals surface area contributed by atoms with Gasteiger partial charge in [-0.25, -0.2) is 12.8 Å². The van der Waals surface area contributed by atoms with Gasteiger partial charge in [0.05, 0.1) is 12.6 Å². The summed E-state index contributed by atoms with van der Waals surface area (Å²) in [6, 6.07) is 3.27. The minimum Gasteiger partial charge on any atom is -0.495 e. The van der Waals surface area contributed by atoms with Gasteiger partial charge < -0.3 is 4.74 Å². The molecule has 1 unspecified atom stereocenters. The molecule has 0 heterocycles. The second-order valence-corrected chi connectivity index (χ2v) is 5.88. The summed E-state index contributed by atoms with van der Waals surface area (Å²) in [5.74, 6) is 1.77. The number of hydrogen-bond donors (Lipinski definition) is 1. The smallest absolute Gasteiger partial charge is 0.245 e. The molecule has 104 valence electrons. The molecule has 0 amide bonds. The predicted molar refractivity (Wildman–Crippen MR) is 70.8 cm³/mol. The van der Waals surface area contributed by atoms with Crippen molar-refractivity contribution in [3.05, 3.63) is 24.0 Å². The molecule has 1 N–H and O–H groups in total. The lowest BCUT2D eigenvalue weighted by Gasteiger charge is -2.23. The van der Waals surface area contributed by atoms with Crippen molar-refractivity contribution in [1.29, 1.82) is 0 Å². The van der Waals surface area contributed by atoms with E-state index >= 15 is 0 Å². The molecule has 0 saturated carbocycles. The first-order chi connectivity index (χ1) is 8.78. The van der Waals surface area contributed by atoms with E-state index in [4.69, 9.17) is 11.2 Å². The minimum atomic E-state index is -3.96. The van der Waals surface area contributed by atoms with Crippen molar-refractivity contribution in [2.75, 3.05) is 7.11 Å². The largest absolute Gasteiger partial charge is 0.495 e. The summed E-state index contributed by atoms with van der Waals surface area (Å²) in [7, 11) is -2.65. The molecular weight excluding hydrogens is 269 g/mol. The van der Waals surface area contributed by atoms with Gasteiger partial charge >= 0.3 is 0 Å². The van der Waals surface area contributed by atoms with E-state index in [0.29, 0.717) is 6.42 Å². The lowest BCUT2D eigenvalue weighted by Crippen LogP contribution is -2.44. The SMILES string of the molecule is C#CC(C)(CC)NS(=O)(=O)c1cc(F)ccc1OC. The highest BCUT2D eigenvalue weighted by Crippen LogP contribution is 2.25. The molecule has 0 fully saturated rings. The highest BCUT2D eigenvalue weighted by molar-refractivity contribution is 7.89. The first-order valence-corrected chi connectivity index (χ1v) is 7.11. The van der Waals surface area contributed by atoms with E-state index in [2.05, 4.69) is 10.6 Å². The number of terminal acetylenes is 1. The van der Waals surface area contributed by atoms with Gasteiger partial charge in [0.2, 0.25) is 10.0 Å². The van der Waals surface area contributed by atoms with Gasteiger partial charge in [-0.2, -0.15) is 4.72 Å². The Balaban J connectivity index is 3.29. The molecule has 6 heteroatoms. The number of rotatable bonds is 5. The minimum absolute atomic E-state index is 0.0596. The van der Waals surface area contributed by atoms with Gasteiger partial charge in [-0.3, -0.25) is 0 Å². The van der Waals surface area contributed by atoms with E-state index in [1.165, 1.54) is 13.2 Å². The fourth-order valence-corrected chi connectivity index (χ4v) is 3.01. The maximum Gasteiger partial charge on any atom is 0.245 e. The molecule has 0 aliphatic heterocycles. The van der Waals surface area contributed by atoms with Crippen LogP contribution >= 0.6 is 0 Å². The van der Waals surface area contributed by atoms with Crippen molar-refractivity contribution in [1.82, 2.24) is 4.72 Å². The number of benzene rings is 1. The molecule has 0 aromatic heterocycles. The van der Waals surface area contributed by atoms with Crippen LogP contribution < -0.4 is 9.46 Å². The molecule has 1 rings (SSSR count). The van der Waals surface area contributed by atoms with Gasteiger partial charge in [-0.05, 0) is 31.5 Å². The van der Waals surface area contributed by atoms with E-state index in [1.807, 2.05) is 0 Å². The van der Waals surface area contributed by atoms with E-state index in [9.17, 15) is 12.8 Å². The zero-order chi connectivity index (χ0) is 14.7. The number of hydrogen-bond acceptors (Lipinski definition) is 3. The summed E-state index contributed by atoms with van der Waals surface area (Å²) in [6.45, 7) is 3.33. The standard InChI is InChI=1S/C13H16FNO3S/c1-5-13(3,6-2)15-19(16,17)12-9-10(14)7-8-11(12)18-4/h1,7-9,15H,6H2,2-4H3.